The van der Waals surface area contributed by atoms with E-state index in [4.69, 9.17) is 30.6 Å². The molecule has 0 radical (unpaired) electrons. The first-order valence-corrected chi connectivity index (χ1v) is 4.61. The van der Waals surface area contributed by atoms with Gasteiger partial charge in [-0.25, -0.2) is 30.6 Å². The van der Waals surface area contributed by atoms with Gasteiger partial charge in [0.1, 0.15) is 0 Å². The van der Waals surface area contributed by atoms with Crippen LogP contribution in [0.15, 0.2) is 18.2 Å². The van der Waals surface area contributed by atoms with Gasteiger partial charge < -0.3 is 0 Å². The molecule has 6 nitrogen and oxygen atoms in total. The fourth-order valence-corrected chi connectivity index (χ4v) is 0.898. The van der Waals surface area contributed by atoms with Crippen LogP contribution in [0.4, 0.5) is 0 Å². The predicted octanol–water partition coefficient (Wildman–Crippen LogP) is 2.31. The Bertz CT molecular complexity index is 389. The molecule has 0 amide bonds. The van der Waals surface area contributed by atoms with E-state index < -0.39 is 0 Å². The summed E-state index contributed by atoms with van der Waals surface area (Å²) in [6.45, 7) is 6.44. The largest absolute Gasteiger partial charge is 0.231 e. The zero-order chi connectivity index (χ0) is 15.0. The molecule has 6 heteroatoms. The summed E-state index contributed by atoms with van der Waals surface area (Å²) >= 11 is 0. The second kappa shape index (κ2) is 16.8. The highest BCUT2D eigenvalue weighted by molar-refractivity contribution is 5.31. The average molecular weight is 249 g/mol. The van der Waals surface area contributed by atoms with Gasteiger partial charge in [-0.05, 0) is 37.5 Å². The van der Waals surface area contributed by atoms with Crippen molar-refractivity contribution in [1.82, 2.24) is 0 Å². The van der Waals surface area contributed by atoms with Crippen molar-refractivity contribution in [2.75, 3.05) is 0 Å². The smallest absolute Gasteiger partial charge is 0.222 e. The molecule has 0 atom stereocenters. The molecule has 96 valence electrons. The molecule has 0 spiro atoms. The molecule has 18 heavy (non-hydrogen) atoms. The number of isocyanates is 3. The normalized spacial score (nSPS) is 6.17. The lowest BCUT2D eigenvalue weighted by molar-refractivity contribution is 0.562. The Morgan fingerprint density at radius 1 is 0.778 bits per heavy atom. The molecule has 0 fully saturated rings. The van der Waals surface area contributed by atoms with Gasteiger partial charge in [0.25, 0.3) is 0 Å². The van der Waals surface area contributed by atoms with Crippen molar-refractivity contribution in [3.63, 3.8) is 0 Å². The van der Waals surface area contributed by atoms with E-state index in [1.807, 2.05) is 0 Å². The Labute approximate surface area is 105 Å². The topological polar surface area (TPSA) is 123 Å². The lowest BCUT2D eigenvalue weighted by Crippen LogP contribution is -1.82. The standard InChI is InChI=1S/C9H12.3CHNO/c1-7-5-4-6-8(2)9(7)3;3*2-1-3/h4-6H,1-3H3;3*2H. The van der Waals surface area contributed by atoms with E-state index in [0.717, 1.165) is 18.2 Å². The Balaban J connectivity index is -0.000000210. The summed E-state index contributed by atoms with van der Waals surface area (Å²) in [5.41, 5.74) is 4.18. The molecular formula is C12H15N3O3. The third kappa shape index (κ3) is 15.8. The summed E-state index contributed by atoms with van der Waals surface area (Å²) in [7, 11) is 0. The molecule has 0 bridgehead atoms. The van der Waals surface area contributed by atoms with Crippen molar-refractivity contribution in [1.29, 1.82) is 16.2 Å². The van der Waals surface area contributed by atoms with Gasteiger partial charge in [0.05, 0.1) is 0 Å². The summed E-state index contributed by atoms with van der Waals surface area (Å²) in [6, 6.07) is 6.38. The maximum atomic E-state index is 8.35. The molecule has 0 aliphatic rings. The van der Waals surface area contributed by atoms with Crippen LogP contribution in [0.1, 0.15) is 16.7 Å². The molecule has 1 aromatic rings. The Morgan fingerprint density at radius 3 is 1.17 bits per heavy atom. The lowest BCUT2D eigenvalue weighted by Gasteiger charge is -2.00. The van der Waals surface area contributed by atoms with Crippen molar-refractivity contribution >= 4 is 18.2 Å². The SMILES string of the molecule is Cc1cccc(C)c1C.N=C=O.N=C=O.N=C=O. The van der Waals surface area contributed by atoms with Crippen LogP contribution in [0.2, 0.25) is 0 Å². The number of benzene rings is 1. The molecule has 1 rings (SSSR count). The molecule has 0 aliphatic heterocycles. The first-order chi connectivity index (χ1) is 8.46. The van der Waals surface area contributed by atoms with Crippen LogP contribution < -0.4 is 0 Å². The second-order valence-electron chi connectivity index (χ2n) is 2.82. The van der Waals surface area contributed by atoms with Gasteiger partial charge in [0, 0.05) is 0 Å². The maximum Gasteiger partial charge on any atom is 0.231 e. The Kier molecular flexibility index (Phi) is 19.3. The summed E-state index contributed by atoms with van der Waals surface area (Å²) in [4.78, 5) is 25.0. The fourth-order valence-electron chi connectivity index (χ4n) is 0.898. The number of aryl methyl sites for hydroxylation is 2. The molecule has 0 saturated carbocycles. The quantitative estimate of drug-likeness (QED) is 0.482. The van der Waals surface area contributed by atoms with Crippen LogP contribution in [-0.4, -0.2) is 18.2 Å². The minimum atomic E-state index is 0.750. The van der Waals surface area contributed by atoms with Crippen LogP contribution in [0.3, 0.4) is 0 Å². The van der Waals surface area contributed by atoms with Crippen LogP contribution in [-0.2, 0) is 14.4 Å². The first-order valence-electron chi connectivity index (χ1n) is 4.61. The second-order valence-corrected chi connectivity index (χ2v) is 2.82. The Morgan fingerprint density at radius 2 is 1.00 bits per heavy atom. The number of hydrogen-bond acceptors (Lipinski definition) is 6. The summed E-state index contributed by atoms with van der Waals surface area (Å²) in [6.07, 6.45) is 2.25. The van der Waals surface area contributed by atoms with Crippen molar-refractivity contribution in [2.24, 2.45) is 0 Å². The van der Waals surface area contributed by atoms with E-state index >= 15 is 0 Å². The van der Waals surface area contributed by atoms with E-state index in [-0.39, 0.29) is 0 Å². The minimum absolute atomic E-state index is 0.750. The molecule has 3 N–H and O–H groups in total. The van der Waals surface area contributed by atoms with Crippen LogP contribution in [0, 0.1) is 37.0 Å². The van der Waals surface area contributed by atoms with Gasteiger partial charge in [0.15, 0.2) is 0 Å². The highest BCUT2D eigenvalue weighted by atomic mass is 16.1. The number of rotatable bonds is 0. The van der Waals surface area contributed by atoms with Crippen molar-refractivity contribution in [2.45, 2.75) is 20.8 Å². The van der Waals surface area contributed by atoms with Crippen LogP contribution in [0.25, 0.3) is 0 Å². The molecule has 0 aromatic heterocycles. The Hall–Kier alpha value is -2.64. The molecular weight excluding hydrogens is 234 g/mol. The summed E-state index contributed by atoms with van der Waals surface area (Å²) in [5.74, 6) is 0. The number of carbonyl (C=O) groups excluding carboxylic acids is 3. The zero-order valence-electron chi connectivity index (χ0n) is 10.5. The van der Waals surface area contributed by atoms with Gasteiger partial charge in [-0.15, -0.1) is 0 Å². The highest BCUT2D eigenvalue weighted by Gasteiger charge is 1.91. The monoisotopic (exact) mass is 249 g/mol. The van der Waals surface area contributed by atoms with Gasteiger partial charge in [-0.1, -0.05) is 18.2 Å². The summed E-state index contributed by atoms with van der Waals surface area (Å²) in [5, 5.41) is 16.2. The van der Waals surface area contributed by atoms with Gasteiger partial charge in [-0.2, -0.15) is 0 Å². The van der Waals surface area contributed by atoms with E-state index in [0.29, 0.717) is 0 Å². The number of nitrogens with one attached hydrogen (secondary N) is 3. The number of hydrogen-bond donors (Lipinski definition) is 3. The van der Waals surface area contributed by atoms with Crippen molar-refractivity contribution in [3.8, 4) is 0 Å². The van der Waals surface area contributed by atoms with E-state index in [1.54, 1.807) is 0 Å². The molecule has 0 unspecified atom stereocenters. The van der Waals surface area contributed by atoms with E-state index in [9.17, 15) is 0 Å². The van der Waals surface area contributed by atoms with Crippen LogP contribution in [0.5, 0.6) is 0 Å². The van der Waals surface area contributed by atoms with Gasteiger partial charge >= 0.3 is 0 Å². The van der Waals surface area contributed by atoms with E-state index in [1.165, 1.54) is 16.7 Å². The first kappa shape index (κ1) is 20.7. The zero-order valence-corrected chi connectivity index (χ0v) is 10.5. The highest BCUT2D eigenvalue weighted by Crippen LogP contribution is 2.09. The molecule has 1 aromatic carbocycles. The van der Waals surface area contributed by atoms with E-state index in [2.05, 4.69) is 39.0 Å². The average Bonchev–Trinajstić information content (AvgIpc) is 2.29. The molecule has 0 heterocycles. The van der Waals surface area contributed by atoms with Crippen LogP contribution >= 0.6 is 0 Å². The lowest BCUT2D eigenvalue weighted by atomic mass is 10.1. The van der Waals surface area contributed by atoms with Crippen molar-refractivity contribution in [3.05, 3.63) is 34.9 Å². The van der Waals surface area contributed by atoms with Gasteiger partial charge in [0.2, 0.25) is 18.2 Å². The third-order valence-corrected chi connectivity index (χ3v) is 1.88. The summed E-state index contributed by atoms with van der Waals surface area (Å²) < 4.78 is 0. The predicted molar refractivity (Wildman–Crippen MR) is 65.9 cm³/mol. The fraction of sp³-hybridized carbons (Fsp3) is 0.250. The maximum absolute atomic E-state index is 8.35. The third-order valence-electron chi connectivity index (χ3n) is 1.88. The molecule has 0 aliphatic carbocycles. The van der Waals surface area contributed by atoms with Crippen molar-refractivity contribution < 1.29 is 14.4 Å². The van der Waals surface area contributed by atoms with Gasteiger partial charge in [-0.3, -0.25) is 0 Å². The molecule has 0 saturated heterocycles. The minimum Gasteiger partial charge on any atom is -0.222 e.